The maximum absolute atomic E-state index is 13.6. The van der Waals surface area contributed by atoms with Crippen molar-refractivity contribution in [2.75, 3.05) is 5.32 Å². The van der Waals surface area contributed by atoms with Gasteiger partial charge in [-0.2, -0.15) is 18.3 Å². The number of hydrogen-bond donors (Lipinski definition) is 1. The van der Waals surface area contributed by atoms with E-state index in [1.54, 1.807) is 18.2 Å². The number of aromatic nitrogens is 3. The molecular weight excluding hydrogens is 428 g/mol. The monoisotopic (exact) mass is 442 g/mol. The molecule has 0 unspecified atom stereocenters. The molecule has 0 atom stereocenters. The molecular formula is C19H15Cl2F3N4O. The summed E-state index contributed by atoms with van der Waals surface area (Å²) in [4.78, 5) is 16.9. The molecule has 10 heteroatoms. The van der Waals surface area contributed by atoms with Gasteiger partial charge in [-0.15, -0.1) is 0 Å². The van der Waals surface area contributed by atoms with Crippen LogP contribution < -0.4 is 5.32 Å². The van der Waals surface area contributed by atoms with Crippen LogP contribution in [0.5, 0.6) is 0 Å². The fourth-order valence-electron chi connectivity index (χ4n) is 3.23. The SMILES string of the molecule is Cc1nn(CC(=O)Nc2c(Cl)cccc2Cl)c2nc(C3CC3)cc(C(F)(F)F)c12. The molecule has 0 saturated heterocycles. The van der Waals surface area contributed by atoms with Crippen molar-refractivity contribution in [2.24, 2.45) is 0 Å². The Bertz CT molecular complexity index is 1100. The molecule has 29 heavy (non-hydrogen) atoms. The number of benzene rings is 1. The topological polar surface area (TPSA) is 59.8 Å². The normalized spacial score (nSPS) is 14.4. The molecule has 0 radical (unpaired) electrons. The van der Waals surface area contributed by atoms with E-state index >= 15 is 0 Å². The molecule has 0 spiro atoms. The highest BCUT2D eigenvalue weighted by Crippen LogP contribution is 2.43. The number of hydrogen-bond acceptors (Lipinski definition) is 3. The highest BCUT2D eigenvalue weighted by atomic mass is 35.5. The van der Waals surface area contributed by atoms with Crippen molar-refractivity contribution in [3.05, 3.63) is 51.3 Å². The third kappa shape index (κ3) is 3.91. The van der Waals surface area contributed by atoms with E-state index in [9.17, 15) is 18.0 Å². The first-order valence-electron chi connectivity index (χ1n) is 8.84. The van der Waals surface area contributed by atoms with Crippen LogP contribution >= 0.6 is 23.2 Å². The molecule has 152 valence electrons. The zero-order valence-corrected chi connectivity index (χ0v) is 16.7. The summed E-state index contributed by atoms with van der Waals surface area (Å²) >= 11 is 12.1. The lowest BCUT2D eigenvalue weighted by Gasteiger charge is -2.12. The molecule has 1 fully saturated rings. The van der Waals surface area contributed by atoms with Crippen molar-refractivity contribution in [3.63, 3.8) is 0 Å². The fraction of sp³-hybridized carbons (Fsp3) is 0.316. The average molecular weight is 443 g/mol. The van der Waals surface area contributed by atoms with Gasteiger partial charge in [0.25, 0.3) is 0 Å². The second-order valence-electron chi connectivity index (χ2n) is 6.95. The predicted octanol–water partition coefficient (Wildman–Crippen LogP) is 5.58. The van der Waals surface area contributed by atoms with Gasteiger partial charge in [0, 0.05) is 11.6 Å². The van der Waals surface area contributed by atoms with Gasteiger partial charge in [0.2, 0.25) is 5.91 Å². The van der Waals surface area contributed by atoms with Crippen LogP contribution in [0.15, 0.2) is 24.3 Å². The number of carbonyl (C=O) groups excluding carboxylic acids is 1. The van der Waals surface area contributed by atoms with Gasteiger partial charge < -0.3 is 5.32 Å². The van der Waals surface area contributed by atoms with Crippen molar-refractivity contribution in [3.8, 4) is 0 Å². The number of aryl methyl sites for hydroxylation is 1. The Morgan fingerprint density at radius 1 is 1.28 bits per heavy atom. The largest absolute Gasteiger partial charge is 0.417 e. The van der Waals surface area contributed by atoms with Crippen LogP contribution in [0.4, 0.5) is 18.9 Å². The minimum Gasteiger partial charge on any atom is -0.322 e. The summed E-state index contributed by atoms with van der Waals surface area (Å²) in [6.07, 6.45) is -2.94. The van der Waals surface area contributed by atoms with Gasteiger partial charge in [0.1, 0.15) is 6.54 Å². The molecule has 1 aromatic carbocycles. The number of alkyl halides is 3. The van der Waals surface area contributed by atoms with E-state index in [0.29, 0.717) is 5.69 Å². The zero-order chi connectivity index (χ0) is 20.9. The van der Waals surface area contributed by atoms with Gasteiger partial charge in [-0.1, -0.05) is 29.3 Å². The Labute approximate surface area is 173 Å². The summed E-state index contributed by atoms with van der Waals surface area (Å²) in [6, 6.07) is 5.86. The summed E-state index contributed by atoms with van der Waals surface area (Å²) in [5.41, 5.74) is 0.0326. The molecule has 1 N–H and O–H groups in total. The standard InChI is InChI=1S/C19H15Cl2F3N4O/c1-9-16-11(19(22,23)24)7-14(10-5-6-10)25-18(16)28(27-9)8-15(29)26-17-12(20)3-2-4-13(17)21/h2-4,7,10H,5-6,8H2,1H3,(H,26,29). The maximum Gasteiger partial charge on any atom is 0.417 e. The molecule has 1 saturated carbocycles. The van der Waals surface area contributed by atoms with E-state index in [4.69, 9.17) is 23.2 Å². The molecule has 4 rings (SSSR count). The lowest BCUT2D eigenvalue weighted by Crippen LogP contribution is -2.20. The third-order valence-electron chi connectivity index (χ3n) is 4.72. The fourth-order valence-corrected chi connectivity index (χ4v) is 3.72. The lowest BCUT2D eigenvalue weighted by molar-refractivity contribution is -0.136. The lowest BCUT2D eigenvalue weighted by atomic mass is 10.1. The summed E-state index contributed by atoms with van der Waals surface area (Å²) in [5, 5.41) is 7.13. The van der Waals surface area contributed by atoms with Crippen LogP contribution in [-0.2, 0) is 17.5 Å². The molecule has 5 nitrogen and oxygen atoms in total. The number of nitrogens with one attached hydrogen (secondary N) is 1. The zero-order valence-electron chi connectivity index (χ0n) is 15.1. The number of carbonyl (C=O) groups is 1. The molecule has 2 aromatic heterocycles. The van der Waals surface area contributed by atoms with Gasteiger partial charge in [-0.05, 0) is 38.0 Å². The van der Waals surface area contributed by atoms with Crippen LogP contribution in [0.2, 0.25) is 10.0 Å². The smallest absolute Gasteiger partial charge is 0.322 e. The van der Waals surface area contributed by atoms with Crippen LogP contribution in [0, 0.1) is 6.92 Å². The third-order valence-corrected chi connectivity index (χ3v) is 5.35. The number of halogens is 5. The second-order valence-corrected chi connectivity index (χ2v) is 7.77. The number of pyridine rings is 1. The van der Waals surface area contributed by atoms with E-state index in [1.165, 1.54) is 11.6 Å². The molecule has 1 amide bonds. The molecule has 3 aromatic rings. The van der Waals surface area contributed by atoms with Crippen molar-refractivity contribution in [2.45, 2.75) is 38.4 Å². The van der Waals surface area contributed by atoms with E-state index < -0.39 is 17.6 Å². The molecule has 0 aliphatic heterocycles. The van der Waals surface area contributed by atoms with Crippen LogP contribution in [-0.4, -0.2) is 20.7 Å². The van der Waals surface area contributed by atoms with Gasteiger partial charge in [0.15, 0.2) is 5.65 Å². The van der Waals surface area contributed by atoms with Crippen molar-refractivity contribution >= 4 is 45.8 Å². The Morgan fingerprint density at radius 2 is 1.93 bits per heavy atom. The van der Waals surface area contributed by atoms with E-state index in [0.717, 1.165) is 18.9 Å². The van der Waals surface area contributed by atoms with Gasteiger partial charge >= 0.3 is 6.18 Å². The number of anilines is 1. The molecule has 0 bridgehead atoms. The number of para-hydroxylation sites is 1. The minimum absolute atomic E-state index is 0.0138. The molecule has 1 aliphatic rings. The summed E-state index contributed by atoms with van der Waals surface area (Å²) < 4.78 is 42.1. The minimum atomic E-state index is -4.54. The van der Waals surface area contributed by atoms with Gasteiger partial charge in [-0.3, -0.25) is 4.79 Å². The first-order valence-corrected chi connectivity index (χ1v) is 9.60. The Kier molecular flexibility index (Phi) is 4.94. The van der Waals surface area contributed by atoms with Gasteiger partial charge in [-0.25, -0.2) is 9.67 Å². The quantitative estimate of drug-likeness (QED) is 0.573. The van der Waals surface area contributed by atoms with Crippen LogP contribution in [0.1, 0.15) is 35.7 Å². The Hall–Kier alpha value is -2.32. The Morgan fingerprint density at radius 3 is 2.52 bits per heavy atom. The summed E-state index contributed by atoms with van der Waals surface area (Å²) in [5.74, 6) is -0.517. The van der Waals surface area contributed by atoms with Crippen molar-refractivity contribution in [1.29, 1.82) is 0 Å². The first kappa shape index (κ1) is 20.0. The predicted molar refractivity (Wildman–Crippen MR) is 104 cm³/mol. The van der Waals surface area contributed by atoms with Crippen LogP contribution in [0.3, 0.4) is 0 Å². The number of rotatable bonds is 4. The van der Waals surface area contributed by atoms with Crippen molar-refractivity contribution < 1.29 is 18.0 Å². The number of nitrogens with zero attached hydrogens (tertiary/aromatic N) is 3. The Balaban J connectivity index is 1.72. The second kappa shape index (κ2) is 7.18. The summed E-state index contributed by atoms with van der Waals surface area (Å²) in [7, 11) is 0. The van der Waals surface area contributed by atoms with E-state index in [2.05, 4.69) is 15.4 Å². The highest BCUT2D eigenvalue weighted by Gasteiger charge is 2.37. The summed E-state index contributed by atoms with van der Waals surface area (Å²) in [6.45, 7) is 1.14. The van der Waals surface area contributed by atoms with Gasteiger partial charge in [0.05, 0.1) is 32.4 Å². The average Bonchev–Trinajstić information content (AvgIpc) is 3.43. The van der Waals surface area contributed by atoms with Crippen LogP contribution in [0.25, 0.3) is 11.0 Å². The number of amides is 1. The molecule has 2 heterocycles. The number of fused-ring (bicyclic) bond motifs is 1. The highest BCUT2D eigenvalue weighted by molar-refractivity contribution is 6.39. The van der Waals surface area contributed by atoms with E-state index in [1.807, 2.05) is 0 Å². The molecule has 1 aliphatic carbocycles. The maximum atomic E-state index is 13.6. The van der Waals surface area contributed by atoms with E-state index in [-0.39, 0.29) is 44.9 Å². The van der Waals surface area contributed by atoms with Crippen molar-refractivity contribution in [1.82, 2.24) is 14.8 Å². The first-order chi connectivity index (χ1) is 13.6.